The van der Waals surface area contributed by atoms with Crippen molar-refractivity contribution in [2.45, 2.75) is 25.3 Å². The Balaban J connectivity index is 2.05. The number of aryl methyl sites for hydroxylation is 1. The average molecular weight is 249 g/mol. The van der Waals surface area contributed by atoms with Crippen molar-refractivity contribution < 1.29 is 4.39 Å². The van der Waals surface area contributed by atoms with Crippen LogP contribution in [0.25, 0.3) is 0 Å². The molecule has 0 aliphatic carbocycles. The molecule has 1 unspecified atom stereocenters. The van der Waals surface area contributed by atoms with Crippen molar-refractivity contribution in [2.75, 3.05) is 0 Å². The van der Waals surface area contributed by atoms with Crippen LogP contribution in [-0.4, -0.2) is 0 Å². The van der Waals surface area contributed by atoms with Crippen LogP contribution in [0.5, 0.6) is 0 Å². The lowest BCUT2D eigenvalue weighted by Gasteiger charge is -2.25. The summed E-state index contributed by atoms with van der Waals surface area (Å²) >= 11 is 1.70. The van der Waals surface area contributed by atoms with Crippen LogP contribution in [0.4, 0.5) is 4.39 Å². The van der Waals surface area contributed by atoms with E-state index in [1.54, 1.807) is 23.5 Å². The van der Waals surface area contributed by atoms with Gasteiger partial charge in [0.25, 0.3) is 0 Å². The zero-order valence-corrected chi connectivity index (χ0v) is 10.6. The van der Waals surface area contributed by atoms with Gasteiger partial charge in [-0.3, -0.25) is 0 Å². The topological polar surface area (TPSA) is 26.0 Å². The number of rotatable bonds is 4. The lowest BCUT2D eigenvalue weighted by Crippen LogP contribution is -2.33. The molecule has 0 amide bonds. The second-order valence-corrected chi connectivity index (χ2v) is 5.34. The van der Waals surface area contributed by atoms with E-state index < -0.39 is 5.54 Å². The van der Waals surface area contributed by atoms with E-state index in [2.05, 4.69) is 16.8 Å². The minimum absolute atomic E-state index is 0.220. The first-order chi connectivity index (χ1) is 8.08. The Morgan fingerprint density at radius 1 is 1.24 bits per heavy atom. The highest BCUT2D eigenvalue weighted by Gasteiger charge is 2.20. The van der Waals surface area contributed by atoms with Gasteiger partial charge < -0.3 is 5.73 Å². The predicted molar refractivity (Wildman–Crippen MR) is 70.6 cm³/mol. The molecule has 0 saturated carbocycles. The van der Waals surface area contributed by atoms with Gasteiger partial charge in [-0.2, -0.15) is 11.3 Å². The summed E-state index contributed by atoms with van der Waals surface area (Å²) in [6.07, 6.45) is 1.81. The Labute approximate surface area is 105 Å². The van der Waals surface area contributed by atoms with E-state index in [-0.39, 0.29) is 5.82 Å². The molecule has 2 N–H and O–H groups in total. The van der Waals surface area contributed by atoms with Crippen molar-refractivity contribution in [3.05, 3.63) is 58.0 Å². The molecule has 0 bridgehead atoms. The van der Waals surface area contributed by atoms with Crippen LogP contribution in [0.1, 0.15) is 24.5 Å². The van der Waals surface area contributed by atoms with E-state index in [1.165, 1.54) is 17.7 Å². The van der Waals surface area contributed by atoms with Crippen molar-refractivity contribution in [3.63, 3.8) is 0 Å². The number of halogens is 1. The maximum Gasteiger partial charge on any atom is 0.123 e. The van der Waals surface area contributed by atoms with Crippen LogP contribution in [-0.2, 0) is 12.0 Å². The van der Waals surface area contributed by atoms with Gasteiger partial charge in [0, 0.05) is 5.54 Å². The third kappa shape index (κ3) is 3.14. The summed E-state index contributed by atoms with van der Waals surface area (Å²) in [7, 11) is 0. The Bertz CT molecular complexity index is 459. The lowest BCUT2D eigenvalue weighted by molar-refractivity contribution is 0.452. The van der Waals surface area contributed by atoms with Gasteiger partial charge in [0.1, 0.15) is 5.82 Å². The molecule has 1 heterocycles. The van der Waals surface area contributed by atoms with Crippen LogP contribution in [0.15, 0.2) is 41.1 Å². The molecule has 0 spiro atoms. The molecule has 90 valence electrons. The molecule has 1 atom stereocenters. The molecule has 0 saturated heterocycles. The summed E-state index contributed by atoms with van der Waals surface area (Å²) in [5, 5.41) is 4.21. The van der Waals surface area contributed by atoms with Crippen molar-refractivity contribution in [1.29, 1.82) is 0 Å². The highest BCUT2D eigenvalue weighted by atomic mass is 32.1. The van der Waals surface area contributed by atoms with Crippen molar-refractivity contribution in [2.24, 2.45) is 5.73 Å². The smallest absolute Gasteiger partial charge is 0.123 e. The van der Waals surface area contributed by atoms with E-state index in [1.807, 2.05) is 6.92 Å². The Hall–Kier alpha value is -1.19. The number of nitrogens with two attached hydrogens (primary N) is 1. The van der Waals surface area contributed by atoms with Crippen molar-refractivity contribution in [3.8, 4) is 0 Å². The minimum atomic E-state index is -0.407. The molecule has 0 aliphatic rings. The molecule has 0 fully saturated rings. The van der Waals surface area contributed by atoms with E-state index in [9.17, 15) is 4.39 Å². The summed E-state index contributed by atoms with van der Waals surface area (Å²) in [4.78, 5) is 0. The second-order valence-electron chi connectivity index (χ2n) is 4.56. The summed E-state index contributed by atoms with van der Waals surface area (Å²) in [5.41, 5.74) is 8.17. The molecule has 0 radical (unpaired) electrons. The minimum Gasteiger partial charge on any atom is -0.322 e. The van der Waals surface area contributed by atoms with Crippen LogP contribution >= 0.6 is 11.3 Å². The summed E-state index contributed by atoms with van der Waals surface area (Å²) < 4.78 is 12.8. The Kier molecular flexibility index (Phi) is 3.60. The SMILES string of the molecule is CC(N)(CCc1ccsc1)c1ccc(F)cc1. The molecule has 1 aromatic heterocycles. The third-order valence-corrected chi connectivity index (χ3v) is 3.75. The van der Waals surface area contributed by atoms with Gasteiger partial charge in [0.15, 0.2) is 0 Å². The maximum absolute atomic E-state index is 12.8. The zero-order valence-electron chi connectivity index (χ0n) is 9.82. The number of benzene rings is 1. The van der Waals surface area contributed by atoms with Gasteiger partial charge >= 0.3 is 0 Å². The van der Waals surface area contributed by atoms with Crippen LogP contribution in [0.3, 0.4) is 0 Å². The molecule has 2 rings (SSSR count). The fourth-order valence-electron chi connectivity index (χ4n) is 1.81. The summed E-state index contributed by atoms with van der Waals surface area (Å²) in [6, 6.07) is 8.58. The van der Waals surface area contributed by atoms with E-state index in [0.717, 1.165) is 18.4 Å². The first-order valence-electron chi connectivity index (χ1n) is 5.64. The van der Waals surface area contributed by atoms with Crippen molar-refractivity contribution in [1.82, 2.24) is 0 Å². The zero-order chi connectivity index (χ0) is 12.3. The normalized spacial score (nSPS) is 14.5. The fraction of sp³-hybridized carbons (Fsp3) is 0.286. The molecular weight excluding hydrogens is 233 g/mol. The second kappa shape index (κ2) is 4.98. The fourth-order valence-corrected chi connectivity index (χ4v) is 2.52. The van der Waals surface area contributed by atoms with Crippen LogP contribution in [0, 0.1) is 5.82 Å². The molecular formula is C14H16FNS. The molecule has 3 heteroatoms. The van der Waals surface area contributed by atoms with Crippen molar-refractivity contribution >= 4 is 11.3 Å². The van der Waals surface area contributed by atoms with Crippen LogP contribution < -0.4 is 5.73 Å². The standard InChI is InChI=1S/C14H16FNS/c1-14(16,8-6-11-7-9-17-10-11)12-2-4-13(15)5-3-12/h2-5,7,9-10H,6,8,16H2,1H3. The first kappa shape index (κ1) is 12.3. The molecule has 17 heavy (non-hydrogen) atoms. The molecule has 0 aliphatic heterocycles. The first-order valence-corrected chi connectivity index (χ1v) is 6.58. The van der Waals surface area contributed by atoms with Gasteiger partial charge in [-0.1, -0.05) is 12.1 Å². The van der Waals surface area contributed by atoms with Gasteiger partial charge in [-0.15, -0.1) is 0 Å². The van der Waals surface area contributed by atoms with Gasteiger partial charge in [-0.05, 0) is 59.9 Å². The average Bonchev–Trinajstić information content (AvgIpc) is 2.80. The highest BCUT2D eigenvalue weighted by Crippen LogP contribution is 2.24. The Morgan fingerprint density at radius 3 is 2.53 bits per heavy atom. The summed E-state index contributed by atoms with van der Waals surface area (Å²) in [6.45, 7) is 1.99. The quantitative estimate of drug-likeness (QED) is 0.878. The third-order valence-electron chi connectivity index (χ3n) is 3.02. The van der Waals surface area contributed by atoms with E-state index >= 15 is 0 Å². The molecule has 2 aromatic rings. The van der Waals surface area contributed by atoms with E-state index in [4.69, 9.17) is 5.73 Å². The number of hydrogen-bond acceptors (Lipinski definition) is 2. The Morgan fingerprint density at radius 2 is 1.94 bits per heavy atom. The molecule has 1 aromatic carbocycles. The predicted octanol–water partition coefficient (Wildman–Crippen LogP) is 3.69. The van der Waals surface area contributed by atoms with Crippen LogP contribution in [0.2, 0.25) is 0 Å². The van der Waals surface area contributed by atoms with Gasteiger partial charge in [0.2, 0.25) is 0 Å². The maximum atomic E-state index is 12.8. The summed E-state index contributed by atoms with van der Waals surface area (Å²) in [5.74, 6) is -0.220. The lowest BCUT2D eigenvalue weighted by atomic mass is 9.87. The highest BCUT2D eigenvalue weighted by molar-refractivity contribution is 7.07. The molecule has 1 nitrogen and oxygen atoms in total. The van der Waals surface area contributed by atoms with E-state index in [0.29, 0.717) is 0 Å². The number of thiophene rings is 1. The number of hydrogen-bond donors (Lipinski definition) is 1. The van der Waals surface area contributed by atoms with Gasteiger partial charge in [0.05, 0.1) is 0 Å². The largest absolute Gasteiger partial charge is 0.322 e. The van der Waals surface area contributed by atoms with Gasteiger partial charge in [-0.25, -0.2) is 4.39 Å². The monoisotopic (exact) mass is 249 g/mol.